The monoisotopic (exact) mass is 390 g/mol. The Morgan fingerprint density at radius 1 is 1.10 bits per heavy atom. The van der Waals surface area contributed by atoms with E-state index in [4.69, 9.17) is 0 Å². The molecular formula is C22H19FN4O2. The molecule has 0 radical (unpaired) electrons. The zero-order chi connectivity index (χ0) is 20.5. The predicted octanol–water partition coefficient (Wildman–Crippen LogP) is 3.58. The van der Waals surface area contributed by atoms with Crippen molar-refractivity contribution in [2.24, 2.45) is 0 Å². The summed E-state index contributed by atoms with van der Waals surface area (Å²) in [5.41, 5.74) is 3.67. The summed E-state index contributed by atoms with van der Waals surface area (Å²) in [5, 5.41) is 2.87. The number of carbonyl (C=O) groups is 1. The Kier molecular flexibility index (Phi) is 4.72. The zero-order valence-electron chi connectivity index (χ0n) is 16.0. The number of hydrogen-bond donors (Lipinski definition) is 1. The van der Waals surface area contributed by atoms with Crippen LogP contribution in [0.1, 0.15) is 11.1 Å². The number of carbonyl (C=O) groups excluding carboxylic acids is 1. The predicted molar refractivity (Wildman–Crippen MR) is 110 cm³/mol. The molecular weight excluding hydrogens is 371 g/mol. The highest BCUT2D eigenvalue weighted by atomic mass is 19.1. The Hall–Kier alpha value is -3.74. The quantitative estimate of drug-likeness (QED) is 0.579. The third kappa shape index (κ3) is 3.54. The van der Waals surface area contributed by atoms with Crippen LogP contribution in [-0.2, 0) is 11.3 Å². The Labute approximate surface area is 166 Å². The van der Waals surface area contributed by atoms with Gasteiger partial charge in [-0.2, -0.15) is 0 Å². The van der Waals surface area contributed by atoms with Gasteiger partial charge in [-0.1, -0.05) is 12.1 Å². The summed E-state index contributed by atoms with van der Waals surface area (Å²) in [4.78, 5) is 30.1. The Bertz CT molecular complexity index is 1270. The number of amides is 1. The van der Waals surface area contributed by atoms with E-state index in [1.165, 1.54) is 33.4 Å². The number of halogens is 1. The number of aryl methyl sites for hydroxylation is 2. The van der Waals surface area contributed by atoms with E-state index in [1.54, 1.807) is 18.3 Å². The van der Waals surface area contributed by atoms with E-state index < -0.39 is 11.5 Å². The van der Waals surface area contributed by atoms with E-state index in [9.17, 15) is 14.0 Å². The SMILES string of the molecule is Cc1ccc(C)c(NC(=O)Cn2c(=O)n(-c3ccc(F)cc3)c3ncccc32)c1. The van der Waals surface area contributed by atoms with Gasteiger partial charge in [0.1, 0.15) is 12.4 Å². The number of imidazole rings is 1. The van der Waals surface area contributed by atoms with Crippen molar-refractivity contribution >= 4 is 22.8 Å². The van der Waals surface area contributed by atoms with Crippen molar-refractivity contribution in [2.75, 3.05) is 5.32 Å². The molecule has 0 bridgehead atoms. The lowest BCUT2D eigenvalue weighted by Crippen LogP contribution is -2.29. The van der Waals surface area contributed by atoms with E-state index >= 15 is 0 Å². The van der Waals surface area contributed by atoms with Crippen LogP contribution >= 0.6 is 0 Å². The number of hydrogen-bond acceptors (Lipinski definition) is 3. The summed E-state index contributed by atoms with van der Waals surface area (Å²) in [5.74, 6) is -0.714. The number of rotatable bonds is 4. The molecule has 2 aromatic carbocycles. The normalized spacial score (nSPS) is 11.0. The summed E-state index contributed by atoms with van der Waals surface area (Å²) < 4.78 is 16.0. The van der Waals surface area contributed by atoms with Crippen LogP contribution in [0.5, 0.6) is 0 Å². The van der Waals surface area contributed by atoms with E-state index in [0.717, 1.165) is 11.1 Å². The number of pyridine rings is 1. The minimum atomic E-state index is -0.415. The molecule has 6 nitrogen and oxygen atoms in total. The molecule has 4 aromatic rings. The van der Waals surface area contributed by atoms with Crippen LogP contribution in [-0.4, -0.2) is 20.0 Å². The summed E-state index contributed by atoms with van der Waals surface area (Å²) in [6.45, 7) is 3.69. The molecule has 0 saturated carbocycles. The maximum absolute atomic E-state index is 13.3. The van der Waals surface area contributed by atoms with Gasteiger partial charge < -0.3 is 5.32 Å². The second kappa shape index (κ2) is 7.35. The molecule has 0 unspecified atom stereocenters. The Balaban J connectivity index is 1.74. The van der Waals surface area contributed by atoms with Crippen molar-refractivity contribution in [3.05, 3.63) is 88.2 Å². The molecule has 2 aromatic heterocycles. The molecule has 1 N–H and O–H groups in total. The van der Waals surface area contributed by atoms with Crippen LogP contribution in [0.2, 0.25) is 0 Å². The van der Waals surface area contributed by atoms with Crippen molar-refractivity contribution < 1.29 is 9.18 Å². The minimum Gasteiger partial charge on any atom is -0.324 e. The Morgan fingerprint density at radius 2 is 1.86 bits per heavy atom. The number of fused-ring (bicyclic) bond motifs is 1. The first-order valence-electron chi connectivity index (χ1n) is 9.13. The largest absolute Gasteiger partial charge is 0.335 e. The second-order valence-corrected chi connectivity index (χ2v) is 6.89. The van der Waals surface area contributed by atoms with Gasteiger partial charge in [0.05, 0.1) is 11.2 Å². The van der Waals surface area contributed by atoms with Gasteiger partial charge in [-0.15, -0.1) is 0 Å². The maximum Gasteiger partial charge on any atom is 0.335 e. The van der Waals surface area contributed by atoms with Crippen LogP contribution < -0.4 is 11.0 Å². The molecule has 2 heterocycles. The van der Waals surface area contributed by atoms with Gasteiger partial charge in [0, 0.05) is 11.9 Å². The van der Waals surface area contributed by atoms with Gasteiger partial charge in [-0.3, -0.25) is 9.36 Å². The standard InChI is InChI=1S/C22H19FN4O2/c1-14-5-6-15(2)18(12-14)25-20(28)13-26-19-4-3-11-24-21(19)27(22(26)29)17-9-7-16(23)8-10-17/h3-12H,13H2,1-2H3,(H,25,28). The smallest absolute Gasteiger partial charge is 0.324 e. The molecule has 29 heavy (non-hydrogen) atoms. The van der Waals surface area contributed by atoms with E-state index in [1.807, 2.05) is 32.0 Å². The van der Waals surface area contributed by atoms with E-state index in [-0.39, 0.29) is 12.5 Å². The fourth-order valence-corrected chi connectivity index (χ4v) is 3.27. The van der Waals surface area contributed by atoms with Gasteiger partial charge in [-0.05, 0) is 67.4 Å². The van der Waals surface area contributed by atoms with Crippen LogP contribution in [0.4, 0.5) is 10.1 Å². The molecule has 7 heteroatoms. The third-order valence-corrected chi connectivity index (χ3v) is 4.74. The molecule has 0 aliphatic heterocycles. The number of aromatic nitrogens is 3. The molecule has 4 rings (SSSR count). The number of nitrogens with one attached hydrogen (secondary N) is 1. The molecule has 0 spiro atoms. The van der Waals surface area contributed by atoms with Crippen LogP contribution in [0.25, 0.3) is 16.9 Å². The molecule has 1 amide bonds. The molecule has 146 valence electrons. The molecule has 0 atom stereocenters. The van der Waals surface area contributed by atoms with Crippen molar-refractivity contribution in [3.8, 4) is 5.69 Å². The zero-order valence-corrected chi connectivity index (χ0v) is 16.0. The highest BCUT2D eigenvalue weighted by Gasteiger charge is 2.18. The van der Waals surface area contributed by atoms with Gasteiger partial charge in [0.2, 0.25) is 5.91 Å². The second-order valence-electron chi connectivity index (χ2n) is 6.89. The molecule has 0 fully saturated rings. The minimum absolute atomic E-state index is 0.164. The lowest BCUT2D eigenvalue weighted by Gasteiger charge is -2.10. The van der Waals surface area contributed by atoms with Gasteiger partial charge in [-0.25, -0.2) is 18.7 Å². The van der Waals surface area contributed by atoms with Crippen LogP contribution in [0, 0.1) is 19.7 Å². The number of nitrogens with zero attached hydrogens (tertiary/aromatic N) is 3. The third-order valence-electron chi connectivity index (χ3n) is 4.74. The van der Waals surface area contributed by atoms with Crippen molar-refractivity contribution in [2.45, 2.75) is 20.4 Å². The number of benzene rings is 2. The number of anilines is 1. The van der Waals surface area contributed by atoms with Gasteiger partial charge in [0.25, 0.3) is 0 Å². The molecule has 0 aliphatic carbocycles. The van der Waals surface area contributed by atoms with E-state index in [2.05, 4.69) is 10.3 Å². The van der Waals surface area contributed by atoms with Gasteiger partial charge in [0.15, 0.2) is 5.65 Å². The average Bonchev–Trinajstić information content (AvgIpc) is 2.97. The van der Waals surface area contributed by atoms with Gasteiger partial charge >= 0.3 is 5.69 Å². The summed E-state index contributed by atoms with van der Waals surface area (Å²) in [6.07, 6.45) is 1.57. The highest BCUT2D eigenvalue weighted by Crippen LogP contribution is 2.18. The topological polar surface area (TPSA) is 68.9 Å². The van der Waals surface area contributed by atoms with Crippen molar-refractivity contribution in [1.29, 1.82) is 0 Å². The van der Waals surface area contributed by atoms with E-state index in [0.29, 0.717) is 22.5 Å². The first kappa shape index (κ1) is 18.6. The van der Waals surface area contributed by atoms with Crippen LogP contribution in [0.15, 0.2) is 65.6 Å². The average molecular weight is 390 g/mol. The summed E-state index contributed by atoms with van der Waals surface area (Å²) in [6, 6.07) is 14.8. The highest BCUT2D eigenvalue weighted by molar-refractivity contribution is 5.92. The van der Waals surface area contributed by atoms with Crippen molar-refractivity contribution in [3.63, 3.8) is 0 Å². The fraction of sp³-hybridized carbons (Fsp3) is 0.136. The van der Waals surface area contributed by atoms with Crippen molar-refractivity contribution in [1.82, 2.24) is 14.1 Å². The maximum atomic E-state index is 13.3. The lowest BCUT2D eigenvalue weighted by molar-refractivity contribution is -0.116. The summed E-state index contributed by atoms with van der Waals surface area (Å²) >= 11 is 0. The Morgan fingerprint density at radius 3 is 2.62 bits per heavy atom. The summed E-state index contributed by atoms with van der Waals surface area (Å²) in [7, 11) is 0. The first-order valence-corrected chi connectivity index (χ1v) is 9.13. The lowest BCUT2D eigenvalue weighted by atomic mass is 10.1. The molecule has 0 saturated heterocycles. The fourth-order valence-electron chi connectivity index (χ4n) is 3.27. The van der Waals surface area contributed by atoms with Crippen LogP contribution in [0.3, 0.4) is 0 Å². The first-order chi connectivity index (χ1) is 13.9. The molecule has 0 aliphatic rings.